The SMILES string of the molecule is CC1(O)CCC(NC(=O)c2ccc(-c3ncc(Cl)c4[nH]ccc34)cc2)CC1. The van der Waals surface area contributed by atoms with E-state index >= 15 is 0 Å². The molecule has 4 rings (SSSR count). The number of aliphatic hydroxyl groups is 1. The number of nitrogens with zero attached hydrogens (tertiary/aromatic N) is 1. The van der Waals surface area contributed by atoms with Crippen molar-refractivity contribution in [1.82, 2.24) is 15.3 Å². The van der Waals surface area contributed by atoms with E-state index in [9.17, 15) is 9.90 Å². The van der Waals surface area contributed by atoms with Crippen LogP contribution in [0.25, 0.3) is 22.2 Å². The first-order chi connectivity index (χ1) is 12.9. The number of aromatic nitrogens is 2. The summed E-state index contributed by atoms with van der Waals surface area (Å²) >= 11 is 6.17. The van der Waals surface area contributed by atoms with Gasteiger partial charge in [0.15, 0.2) is 0 Å². The Kier molecular flexibility index (Phi) is 4.66. The van der Waals surface area contributed by atoms with Gasteiger partial charge in [0.05, 0.1) is 21.8 Å². The summed E-state index contributed by atoms with van der Waals surface area (Å²) in [6.45, 7) is 1.86. The molecule has 1 aliphatic rings. The predicted molar refractivity (Wildman–Crippen MR) is 107 cm³/mol. The Labute approximate surface area is 162 Å². The van der Waals surface area contributed by atoms with E-state index in [1.165, 1.54) is 0 Å². The summed E-state index contributed by atoms with van der Waals surface area (Å²) in [5, 5.41) is 14.6. The van der Waals surface area contributed by atoms with Crippen LogP contribution in [0, 0.1) is 0 Å². The van der Waals surface area contributed by atoms with E-state index < -0.39 is 5.60 Å². The number of carbonyl (C=O) groups excluding carboxylic acids is 1. The van der Waals surface area contributed by atoms with Crippen molar-refractivity contribution in [3.05, 3.63) is 53.3 Å². The summed E-state index contributed by atoms with van der Waals surface area (Å²) in [6, 6.07) is 9.51. The number of benzene rings is 1. The van der Waals surface area contributed by atoms with Gasteiger partial charge in [-0.15, -0.1) is 0 Å². The second-order valence-electron chi connectivity index (χ2n) is 7.54. The molecule has 3 aromatic rings. The maximum absolute atomic E-state index is 12.5. The number of H-pyrrole nitrogens is 1. The third-order valence-electron chi connectivity index (χ3n) is 5.37. The molecule has 1 amide bonds. The van der Waals surface area contributed by atoms with Gasteiger partial charge in [0.2, 0.25) is 0 Å². The van der Waals surface area contributed by atoms with Crippen LogP contribution in [0.15, 0.2) is 42.7 Å². The molecule has 0 unspecified atom stereocenters. The molecule has 1 aliphatic carbocycles. The van der Waals surface area contributed by atoms with Gasteiger partial charge in [0, 0.05) is 34.9 Å². The fourth-order valence-corrected chi connectivity index (χ4v) is 3.89. The standard InChI is InChI=1S/C21H22ClN3O2/c1-21(27)9-6-15(7-10-21)25-20(26)14-4-2-13(3-5-14)18-16-8-11-23-19(16)17(22)12-24-18/h2-5,8,11-12,15,23,27H,6-7,9-10H2,1H3,(H,25,26). The lowest BCUT2D eigenvalue weighted by molar-refractivity contribution is 0.0140. The largest absolute Gasteiger partial charge is 0.390 e. The third-order valence-corrected chi connectivity index (χ3v) is 5.65. The molecule has 2 heterocycles. The van der Waals surface area contributed by atoms with Gasteiger partial charge in [-0.1, -0.05) is 23.7 Å². The van der Waals surface area contributed by atoms with E-state index in [0.717, 1.165) is 35.0 Å². The Hall–Kier alpha value is -2.37. The molecule has 1 aromatic carbocycles. The highest BCUT2D eigenvalue weighted by molar-refractivity contribution is 6.35. The first-order valence-electron chi connectivity index (χ1n) is 9.18. The van der Waals surface area contributed by atoms with Crippen LogP contribution in [0.2, 0.25) is 5.02 Å². The summed E-state index contributed by atoms with van der Waals surface area (Å²) in [5.41, 5.74) is 2.64. The van der Waals surface area contributed by atoms with Crippen molar-refractivity contribution in [2.45, 2.75) is 44.2 Å². The highest BCUT2D eigenvalue weighted by Gasteiger charge is 2.29. The molecule has 0 bridgehead atoms. The Balaban J connectivity index is 1.49. The smallest absolute Gasteiger partial charge is 0.251 e. The van der Waals surface area contributed by atoms with Gasteiger partial charge in [0.1, 0.15) is 0 Å². The molecule has 0 saturated heterocycles. The van der Waals surface area contributed by atoms with Gasteiger partial charge in [-0.3, -0.25) is 9.78 Å². The van der Waals surface area contributed by atoms with E-state index in [-0.39, 0.29) is 11.9 Å². The van der Waals surface area contributed by atoms with Crippen molar-refractivity contribution in [2.24, 2.45) is 0 Å². The Bertz CT molecular complexity index is 969. The van der Waals surface area contributed by atoms with Crippen molar-refractivity contribution in [2.75, 3.05) is 0 Å². The molecule has 1 saturated carbocycles. The molecule has 0 radical (unpaired) electrons. The molecule has 0 atom stereocenters. The Morgan fingerprint density at radius 1 is 1.26 bits per heavy atom. The van der Waals surface area contributed by atoms with E-state index in [2.05, 4.69) is 15.3 Å². The fraction of sp³-hybridized carbons (Fsp3) is 0.333. The molecule has 5 nitrogen and oxygen atoms in total. The maximum Gasteiger partial charge on any atom is 0.251 e. The number of pyridine rings is 1. The van der Waals surface area contributed by atoms with Crippen LogP contribution in [-0.2, 0) is 0 Å². The highest BCUT2D eigenvalue weighted by atomic mass is 35.5. The molecule has 3 N–H and O–H groups in total. The van der Waals surface area contributed by atoms with Crippen LogP contribution in [0.1, 0.15) is 43.0 Å². The zero-order valence-corrected chi connectivity index (χ0v) is 15.9. The summed E-state index contributed by atoms with van der Waals surface area (Å²) in [5.74, 6) is -0.0797. The highest BCUT2D eigenvalue weighted by Crippen LogP contribution is 2.31. The average Bonchev–Trinajstić information content (AvgIpc) is 3.15. The van der Waals surface area contributed by atoms with Crippen LogP contribution in [0.4, 0.5) is 0 Å². The van der Waals surface area contributed by atoms with Crippen LogP contribution in [0.3, 0.4) is 0 Å². The van der Waals surface area contributed by atoms with E-state index in [1.807, 2.05) is 43.5 Å². The average molecular weight is 384 g/mol. The minimum absolute atomic E-state index is 0.0797. The van der Waals surface area contributed by atoms with Crippen molar-refractivity contribution < 1.29 is 9.90 Å². The van der Waals surface area contributed by atoms with E-state index in [1.54, 1.807) is 6.20 Å². The van der Waals surface area contributed by atoms with E-state index in [0.29, 0.717) is 23.4 Å². The lowest BCUT2D eigenvalue weighted by Crippen LogP contribution is -2.42. The fourth-order valence-electron chi connectivity index (χ4n) is 3.68. The summed E-state index contributed by atoms with van der Waals surface area (Å²) in [7, 11) is 0. The molecule has 0 spiro atoms. The minimum Gasteiger partial charge on any atom is -0.390 e. The maximum atomic E-state index is 12.5. The molecule has 1 fully saturated rings. The quantitative estimate of drug-likeness (QED) is 0.630. The monoisotopic (exact) mass is 383 g/mol. The molecule has 140 valence electrons. The molecule has 2 aromatic heterocycles. The van der Waals surface area contributed by atoms with Crippen LogP contribution in [-0.4, -0.2) is 32.6 Å². The first-order valence-corrected chi connectivity index (χ1v) is 9.56. The Morgan fingerprint density at radius 3 is 2.67 bits per heavy atom. The van der Waals surface area contributed by atoms with Gasteiger partial charge < -0.3 is 15.4 Å². The van der Waals surface area contributed by atoms with E-state index in [4.69, 9.17) is 11.6 Å². The summed E-state index contributed by atoms with van der Waals surface area (Å²) < 4.78 is 0. The number of halogens is 1. The normalized spacial score (nSPS) is 22.7. The number of hydrogen-bond donors (Lipinski definition) is 3. The zero-order chi connectivity index (χ0) is 19.0. The second-order valence-corrected chi connectivity index (χ2v) is 7.95. The first kappa shape index (κ1) is 18.0. The topological polar surface area (TPSA) is 78.0 Å². The lowest BCUT2D eigenvalue weighted by Gasteiger charge is -2.33. The Morgan fingerprint density at radius 2 is 1.96 bits per heavy atom. The summed E-state index contributed by atoms with van der Waals surface area (Å²) in [4.78, 5) is 20.1. The number of hydrogen-bond acceptors (Lipinski definition) is 3. The van der Waals surface area contributed by atoms with Crippen LogP contribution < -0.4 is 5.32 Å². The van der Waals surface area contributed by atoms with Crippen molar-refractivity contribution >= 4 is 28.4 Å². The van der Waals surface area contributed by atoms with Crippen LogP contribution in [0.5, 0.6) is 0 Å². The molecular weight excluding hydrogens is 362 g/mol. The number of carbonyl (C=O) groups is 1. The van der Waals surface area contributed by atoms with Gasteiger partial charge in [-0.05, 0) is 50.8 Å². The van der Waals surface area contributed by atoms with Gasteiger partial charge in [-0.25, -0.2) is 0 Å². The van der Waals surface area contributed by atoms with Crippen molar-refractivity contribution in [3.63, 3.8) is 0 Å². The van der Waals surface area contributed by atoms with Crippen LogP contribution >= 0.6 is 11.6 Å². The number of aromatic amines is 1. The lowest BCUT2D eigenvalue weighted by atomic mass is 9.83. The van der Waals surface area contributed by atoms with Gasteiger partial charge >= 0.3 is 0 Å². The molecule has 27 heavy (non-hydrogen) atoms. The van der Waals surface area contributed by atoms with Crippen molar-refractivity contribution in [1.29, 1.82) is 0 Å². The zero-order valence-electron chi connectivity index (χ0n) is 15.1. The number of fused-ring (bicyclic) bond motifs is 1. The second kappa shape index (κ2) is 6.98. The number of rotatable bonds is 3. The number of nitrogens with one attached hydrogen (secondary N) is 2. The number of amides is 1. The molecule has 0 aliphatic heterocycles. The predicted octanol–water partition coefficient (Wildman–Crippen LogP) is 4.31. The summed E-state index contributed by atoms with van der Waals surface area (Å²) in [6.07, 6.45) is 6.50. The third kappa shape index (κ3) is 3.70. The molecule has 6 heteroatoms. The van der Waals surface area contributed by atoms with Gasteiger partial charge in [0.25, 0.3) is 5.91 Å². The van der Waals surface area contributed by atoms with Gasteiger partial charge in [-0.2, -0.15) is 0 Å². The minimum atomic E-state index is -0.599. The molecular formula is C21H22ClN3O2. The van der Waals surface area contributed by atoms with Crippen molar-refractivity contribution in [3.8, 4) is 11.3 Å².